The molecule has 7 saturated heterocycles. The molecule has 0 saturated carbocycles. The Bertz CT molecular complexity index is 2330. The van der Waals surface area contributed by atoms with Crippen LogP contribution in [0.2, 0.25) is 0 Å². The average Bonchev–Trinajstić information content (AvgIpc) is 0.780. The minimum atomic E-state index is -2.50. The Hall–Kier alpha value is -2.62. The Morgan fingerprint density at radius 3 is 1.14 bits per heavy atom. The molecule has 554 valence electrons. The van der Waals surface area contributed by atoms with Crippen molar-refractivity contribution >= 4 is 11.8 Å². The smallest absolute Gasteiger partial charge is 0.217 e. The molecule has 0 aromatic carbocycles. The molecule has 0 bridgehead atoms. The molecule has 2 amide bonds. The molecule has 0 unspecified atom stereocenters. The van der Waals surface area contributed by atoms with E-state index in [-0.39, 0.29) is 0 Å². The largest absolute Gasteiger partial charge is 0.394 e. The van der Waals surface area contributed by atoms with Gasteiger partial charge in [0.15, 0.2) is 44.0 Å². The number of rotatable bonds is 28. The molecule has 0 aromatic heterocycles. The molecule has 0 aliphatic carbocycles. The number of amides is 2. The Labute approximate surface area is 537 Å². The van der Waals surface area contributed by atoms with Crippen LogP contribution in [0.1, 0.15) is 13.8 Å². The second-order valence-corrected chi connectivity index (χ2v) is 23.7. The van der Waals surface area contributed by atoms with E-state index in [1.165, 1.54) is 0 Å². The maximum absolute atomic E-state index is 12.7. The van der Waals surface area contributed by atoms with Crippen LogP contribution in [0.15, 0.2) is 0 Å². The van der Waals surface area contributed by atoms with Crippen LogP contribution in [-0.2, 0) is 75.9 Å². The molecule has 95 heavy (non-hydrogen) atoms. The second-order valence-electron chi connectivity index (χ2n) is 23.7. The summed E-state index contributed by atoms with van der Waals surface area (Å²) in [6.07, 6.45) is -77.5. The van der Waals surface area contributed by atoms with E-state index in [1.54, 1.807) is 0 Å². The van der Waals surface area contributed by atoms with Crippen LogP contribution in [0.5, 0.6) is 0 Å². The van der Waals surface area contributed by atoms with Crippen molar-refractivity contribution in [2.75, 3.05) is 59.5 Å². The summed E-state index contributed by atoms with van der Waals surface area (Å²) in [7, 11) is 0. The minimum Gasteiger partial charge on any atom is -0.394 e. The van der Waals surface area contributed by atoms with E-state index in [9.17, 15) is 137 Å². The zero-order chi connectivity index (χ0) is 70.3. The normalized spacial score (nSPS) is 47.3. The first kappa shape index (κ1) is 79.7. The monoisotopic (exact) mass is 1400 g/mol. The predicted octanol–water partition coefficient (Wildman–Crippen LogP) is -18.5. The summed E-state index contributed by atoms with van der Waals surface area (Å²) >= 11 is 0. The summed E-state index contributed by atoms with van der Waals surface area (Å²) in [5.74, 6) is -1.72. The quantitative estimate of drug-likeness (QED) is 0.0346. The van der Waals surface area contributed by atoms with Crippen molar-refractivity contribution in [3.8, 4) is 0 Å². The summed E-state index contributed by atoms with van der Waals surface area (Å²) in [5.41, 5.74) is 0. The highest BCUT2D eigenvalue weighted by atomic mass is 16.8. The summed E-state index contributed by atoms with van der Waals surface area (Å²) in [4.78, 5) is 24.7. The van der Waals surface area contributed by atoms with Crippen LogP contribution in [0.25, 0.3) is 0 Å². The number of ether oxygens (including phenoxy) is 14. The first-order valence-electron chi connectivity index (χ1n) is 30.1. The number of carbonyl (C=O) groups excluding carboxylic acids is 2. The third-order valence-corrected chi connectivity index (χ3v) is 17.1. The number of hydrogen-bond donors (Lipinski definition) is 27. The van der Waals surface area contributed by atoms with Gasteiger partial charge in [-0.2, -0.15) is 0 Å². The van der Waals surface area contributed by atoms with Crippen LogP contribution in [0.3, 0.4) is 0 Å². The minimum absolute atomic E-state index is 0.783. The lowest BCUT2D eigenvalue weighted by Gasteiger charge is -2.50. The van der Waals surface area contributed by atoms with Gasteiger partial charge in [-0.3, -0.25) is 9.59 Å². The zero-order valence-corrected chi connectivity index (χ0v) is 50.6. The van der Waals surface area contributed by atoms with Gasteiger partial charge in [-0.15, -0.1) is 0 Å². The summed E-state index contributed by atoms with van der Waals surface area (Å²) in [6.45, 7) is -7.42. The van der Waals surface area contributed by atoms with Gasteiger partial charge in [0.2, 0.25) is 11.8 Å². The molecular formula is C52H90N2O41. The molecule has 7 fully saturated rings. The van der Waals surface area contributed by atoms with E-state index < -0.39 is 311 Å². The van der Waals surface area contributed by atoms with Crippen molar-refractivity contribution in [2.24, 2.45) is 0 Å². The van der Waals surface area contributed by atoms with Gasteiger partial charge in [0.25, 0.3) is 0 Å². The van der Waals surface area contributed by atoms with Crippen molar-refractivity contribution in [2.45, 2.75) is 253 Å². The Morgan fingerprint density at radius 2 is 0.716 bits per heavy atom. The third kappa shape index (κ3) is 18.0. The van der Waals surface area contributed by atoms with Gasteiger partial charge in [0.05, 0.1) is 65.5 Å². The van der Waals surface area contributed by atoms with Crippen LogP contribution >= 0.6 is 0 Å². The fourth-order valence-corrected chi connectivity index (χ4v) is 11.6. The van der Waals surface area contributed by atoms with Gasteiger partial charge in [0.1, 0.15) is 189 Å². The van der Waals surface area contributed by atoms with E-state index in [4.69, 9.17) is 66.3 Å². The highest BCUT2D eigenvalue weighted by Gasteiger charge is 2.59. The van der Waals surface area contributed by atoms with Gasteiger partial charge < -0.3 is 205 Å². The van der Waals surface area contributed by atoms with Crippen molar-refractivity contribution in [3.05, 3.63) is 0 Å². The predicted molar refractivity (Wildman–Crippen MR) is 290 cm³/mol. The van der Waals surface area contributed by atoms with Gasteiger partial charge in [-0.05, 0) is 0 Å². The van der Waals surface area contributed by atoms with Gasteiger partial charge in [0, 0.05) is 13.8 Å². The highest BCUT2D eigenvalue weighted by Crippen LogP contribution is 2.38. The number of carbonyl (C=O) groups is 2. The first-order valence-corrected chi connectivity index (χ1v) is 30.1. The van der Waals surface area contributed by atoms with Crippen LogP contribution in [0, 0.1) is 0 Å². The molecule has 0 aromatic rings. The van der Waals surface area contributed by atoms with Crippen molar-refractivity contribution in [1.82, 2.24) is 10.6 Å². The Morgan fingerprint density at radius 1 is 0.358 bits per heavy atom. The highest BCUT2D eigenvalue weighted by molar-refractivity contribution is 5.73. The standard InChI is InChI=1S/C52H90N2O41/c1-12(62)53-14(3-55)24(65)41(15(64)4-56)91-46-23(54-13(2)63)31(72)42(20(9-61)88-46)92-50-40(81)43(30(71)22(90-50)11-83-48-38(79)33(74)26(67)17(6-58)85-48)93-51-45(36(77)28(69)18(7-59)86-51)95-52-44(35(76)27(68)19(8-60)87-52)94-49-39(80)34(75)29(70)21(89-49)10-82-47-37(78)32(73)25(66)16(5-57)84-47/h14-52,55-61,64-81H,3-11H2,1-2H3,(H,53,62)(H,54,63)/t14-,15+,16+,17+,18+,19+,20+,21+,22+,23+,24+,25+,26+,27+,28+,29+,30+,31+,32-,33-,34-,35-,36-,37-,38-,39-,40-,41+,42+,43-,44-,45-,46-,47-,48-,49+,50-,51+,52+/m0/s1. The maximum Gasteiger partial charge on any atom is 0.217 e. The summed E-state index contributed by atoms with van der Waals surface area (Å²) < 4.78 is 80.8. The molecule has 7 heterocycles. The molecule has 43 nitrogen and oxygen atoms in total. The fourth-order valence-electron chi connectivity index (χ4n) is 11.6. The van der Waals surface area contributed by atoms with Gasteiger partial charge in [-0.25, -0.2) is 0 Å². The van der Waals surface area contributed by atoms with E-state index in [0.29, 0.717) is 0 Å². The Balaban J connectivity index is 1.20. The van der Waals surface area contributed by atoms with E-state index >= 15 is 0 Å². The molecule has 7 aliphatic rings. The van der Waals surface area contributed by atoms with E-state index in [1.807, 2.05) is 0 Å². The molecule has 27 N–H and O–H groups in total. The number of aliphatic hydroxyl groups excluding tert-OH is 25. The lowest BCUT2D eigenvalue weighted by atomic mass is 9.94. The average molecular weight is 1400 g/mol. The molecule has 7 rings (SSSR count). The van der Waals surface area contributed by atoms with Crippen LogP contribution in [-0.4, -0.2) is 438 Å². The Kier molecular flexibility index (Phi) is 29.6. The van der Waals surface area contributed by atoms with Crippen molar-refractivity contribution in [1.29, 1.82) is 0 Å². The third-order valence-electron chi connectivity index (χ3n) is 17.1. The van der Waals surface area contributed by atoms with Crippen molar-refractivity contribution < 1.29 is 204 Å². The van der Waals surface area contributed by atoms with Crippen LogP contribution in [0.4, 0.5) is 0 Å². The van der Waals surface area contributed by atoms with E-state index in [0.717, 1.165) is 13.8 Å². The first-order chi connectivity index (χ1) is 44.9. The topological polar surface area (TPSA) is 693 Å². The second kappa shape index (κ2) is 35.3. The van der Waals surface area contributed by atoms with E-state index in [2.05, 4.69) is 10.6 Å². The lowest BCUT2D eigenvalue weighted by Crippen LogP contribution is -2.70. The van der Waals surface area contributed by atoms with Gasteiger partial charge in [-0.1, -0.05) is 0 Å². The van der Waals surface area contributed by atoms with Crippen LogP contribution < -0.4 is 10.6 Å². The number of aliphatic hydroxyl groups is 25. The SMILES string of the molecule is CC(=O)N[C@H]1[C@H](O[C@@H]([C@H](O)[C@H](CO)NC(C)=O)[C@H](O)CO)O[C@H](CO)[C@@H](O[C@@H]2O[C@H](CO[C@H]3O[C@H](CO)[C@@H](O)[C@H](O)[C@@H]3O)[C@@H](O)[C@H](O[C@H]3O[C@H](CO)[C@@H](O)[C@H](O)[C@@H]3O[C@H]3O[C@H](CO)[C@@H](O)[C@H](O)[C@@H]3O[C@H]3O[C@H](CO[C@H]4O[C@H](CO)[C@@H](O)[C@H](O)[C@@H]4O)[C@@H](O)[C@H](O)[C@@H]3O)[C@@H]2O)[C@@H]1O. The molecule has 43 heteroatoms. The number of nitrogens with one attached hydrogen (secondary N) is 2. The lowest BCUT2D eigenvalue weighted by molar-refractivity contribution is -0.408. The van der Waals surface area contributed by atoms with Gasteiger partial charge >= 0.3 is 0 Å². The summed E-state index contributed by atoms with van der Waals surface area (Å²) in [5, 5.41) is 275. The summed E-state index contributed by atoms with van der Waals surface area (Å²) in [6, 6.07) is -3.51. The molecule has 0 spiro atoms. The maximum atomic E-state index is 12.7. The fraction of sp³-hybridized carbons (Fsp3) is 0.962. The molecule has 7 aliphatic heterocycles. The molecule has 0 radical (unpaired) electrons. The molecular weight excluding hydrogens is 1310 g/mol. The number of hydrogen-bond acceptors (Lipinski definition) is 41. The molecule has 39 atom stereocenters. The van der Waals surface area contributed by atoms with Crippen molar-refractivity contribution in [3.63, 3.8) is 0 Å². The zero-order valence-electron chi connectivity index (χ0n) is 50.6.